The van der Waals surface area contributed by atoms with E-state index in [4.69, 9.17) is 9.47 Å². The van der Waals surface area contributed by atoms with E-state index >= 15 is 0 Å². The summed E-state index contributed by atoms with van der Waals surface area (Å²) >= 11 is 0. The van der Waals surface area contributed by atoms with Crippen LogP contribution >= 0.6 is 0 Å². The average Bonchev–Trinajstić information content (AvgIpc) is 2.84. The Morgan fingerprint density at radius 1 is 0.750 bits per heavy atom. The lowest BCUT2D eigenvalue weighted by molar-refractivity contribution is 0.0132. The van der Waals surface area contributed by atoms with E-state index < -0.39 is 18.4 Å². The van der Waals surface area contributed by atoms with Crippen LogP contribution in [0.25, 0.3) is 0 Å². The summed E-state index contributed by atoms with van der Waals surface area (Å²) in [5, 5.41) is 0. The van der Waals surface area contributed by atoms with Gasteiger partial charge in [0.25, 0.3) is 0 Å². The van der Waals surface area contributed by atoms with E-state index in [1.165, 1.54) is 0 Å². The summed E-state index contributed by atoms with van der Waals surface area (Å²) in [6.45, 7) is 11.9. The van der Waals surface area contributed by atoms with Gasteiger partial charge in [-0.3, -0.25) is 0 Å². The molecule has 3 heteroatoms. The third kappa shape index (κ3) is 7.46. The van der Waals surface area contributed by atoms with E-state index in [1.807, 2.05) is 60.7 Å². The minimum absolute atomic E-state index is 0.587. The van der Waals surface area contributed by atoms with Crippen LogP contribution in [-0.2, 0) is 9.47 Å². The standard InChI is InChI=1S/C29H34O3/c1-5-9-17-23(7-3)27(25-19-13-11-14-20-25)31-29(30)32-28(24(8-4)18-10-6-2)26-21-15-12-16-22-26/h11-16,19-22,27-28H,3-6,9-10,17-18H2,1-2H3. The molecular formula is C29H34O3. The van der Waals surface area contributed by atoms with Gasteiger partial charge in [-0.15, -0.1) is 11.5 Å². The lowest BCUT2D eigenvalue weighted by Crippen LogP contribution is -2.18. The maximum atomic E-state index is 13.0. The maximum Gasteiger partial charge on any atom is 0.510 e. The van der Waals surface area contributed by atoms with Crippen LogP contribution < -0.4 is 0 Å². The van der Waals surface area contributed by atoms with E-state index in [0.717, 1.165) is 60.8 Å². The Labute approximate surface area is 192 Å². The molecule has 3 nitrogen and oxygen atoms in total. The van der Waals surface area contributed by atoms with Gasteiger partial charge in [-0.2, -0.15) is 0 Å². The van der Waals surface area contributed by atoms with Crippen molar-refractivity contribution in [2.24, 2.45) is 0 Å². The fraction of sp³-hybridized carbons (Fsp3) is 0.345. The molecule has 32 heavy (non-hydrogen) atoms. The molecule has 2 aromatic rings. The van der Waals surface area contributed by atoms with Crippen LogP contribution in [0.1, 0.15) is 75.7 Å². The third-order valence-corrected chi connectivity index (χ3v) is 5.32. The van der Waals surface area contributed by atoms with E-state index in [0.29, 0.717) is 0 Å². The molecule has 0 heterocycles. The Morgan fingerprint density at radius 2 is 1.12 bits per heavy atom. The molecule has 0 bridgehead atoms. The normalized spacial score (nSPS) is 12.1. The van der Waals surface area contributed by atoms with Gasteiger partial charge >= 0.3 is 6.16 Å². The number of carbonyl (C=O) groups is 1. The number of benzene rings is 2. The molecule has 0 N–H and O–H groups in total. The van der Waals surface area contributed by atoms with Crippen molar-refractivity contribution >= 4 is 6.16 Å². The van der Waals surface area contributed by atoms with Gasteiger partial charge in [0.15, 0.2) is 12.2 Å². The monoisotopic (exact) mass is 430 g/mol. The van der Waals surface area contributed by atoms with Gasteiger partial charge in [-0.25, -0.2) is 4.79 Å². The molecule has 0 aromatic heterocycles. The fourth-order valence-electron chi connectivity index (χ4n) is 3.52. The molecular weight excluding hydrogens is 396 g/mol. The highest BCUT2D eigenvalue weighted by atomic mass is 16.7. The van der Waals surface area contributed by atoms with E-state index in [9.17, 15) is 4.79 Å². The van der Waals surface area contributed by atoms with E-state index in [2.05, 4.69) is 38.5 Å². The van der Waals surface area contributed by atoms with E-state index in [-0.39, 0.29) is 0 Å². The summed E-state index contributed by atoms with van der Waals surface area (Å²) in [4.78, 5) is 13.0. The van der Waals surface area contributed by atoms with Crippen LogP contribution in [0.15, 0.2) is 96.4 Å². The number of hydrogen-bond donors (Lipinski definition) is 0. The SMILES string of the molecule is C=C=C(CCCC)C(OC(=O)OC(C(=C=C)CCCC)c1ccccc1)c1ccccc1. The molecule has 2 aromatic carbocycles. The molecule has 0 saturated carbocycles. The summed E-state index contributed by atoms with van der Waals surface area (Å²) in [6, 6.07) is 19.3. The zero-order chi connectivity index (χ0) is 23.2. The Hall–Kier alpha value is -3.25. The average molecular weight is 431 g/mol. The van der Waals surface area contributed by atoms with Crippen LogP contribution in [0.5, 0.6) is 0 Å². The minimum Gasteiger partial charge on any atom is -0.421 e. The fourth-order valence-corrected chi connectivity index (χ4v) is 3.52. The van der Waals surface area contributed by atoms with Crippen LogP contribution in [0.3, 0.4) is 0 Å². The Balaban J connectivity index is 2.29. The zero-order valence-electron chi connectivity index (χ0n) is 19.3. The number of hydrogen-bond acceptors (Lipinski definition) is 3. The van der Waals surface area contributed by atoms with Crippen molar-refractivity contribution in [1.82, 2.24) is 0 Å². The zero-order valence-corrected chi connectivity index (χ0v) is 19.3. The third-order valence-electron chi connectivity index (χ3n) is 5.32. The van der Waals surface area contributed by atoms with Crippen molar-refractivity contribution in [3.63, 3.8) is 0 Å². The van der Waals surface area contributed by atoms with Gasteiger partial charge in [0.05, 0.1) is 0 Å². The molecule has 2 rings (SSSR count). The maximum absolute atomic E-state index is 13.0. The van der Waals surface area contributed by atoms with E-state index in [1.54, 1.807) is 0 Å². The smallest absolute Gasteiger partial charge is 0.421 e. The number of rotatable bonds is 12. The lowest BCUT2D eigenvalue weighted by atomic mass is 9.97. The topological polar surface area (TPSA) is 35.5 Å². The van der Waals surface area contributed by atoms with Crippen LogP contribution in [0.2, 0.25) is 0 Å². The van der Waals surface area contributed by atoms with Gasteiger partial charge in [-0.05, 0) is 36.8 Å². The van der Waals surface area contributed by atoms with Crippen molar-refractivity contribution in [3.05, 3.63) is 108 Å². The number of carbonyl (C=O) groups excluding carboxylic acids is 1. The first-order chi connectivity index (χ1) is 15.6. The summed E-state index contributed by atoms with van der Waals surface area (Å²) < 4.78 is 11.8. The van der Waals surface area contributed by atoms with Crippen molar-refractivity contribution in [3.8, 4) is 0 Å². The predicted octanol–water partition coefficient (Wildman–Crippen LogP) is 8.43. The van der Waals surface area contributed by atoms with Crippen LogP contribution in [-0.4, -0.2) is 6.16 Å². The highest BCUT2D eigenvalue weighted by molar-refractivity contribution is 5.62. The first-order valence-corrected chi connectivity index (χ1v) is 11.4. The highest BCUT2D eigenvalue weighted by Crippen LogP contribution is 2.33. The molecule has 0 aliphatic heterocycles. The van der Waals surface area contributed by atoms with Gasteiger partial charge in [0.1, 0.15) is 0 Å². The quantitative estimate of drug-likeness (QED) is 0.250. The summed E-state index contributed by atoms with van der Waals surface area (Å²) in [5.41, 5.74) is 9.41. The lowest BCUT2D eigenvalue weighted by Gasteiger charge is -2.24. The van der Waals surface area contributed by atoms with Crippen molar-refractivity contribution in [1.29, 1.82) is 0 Å². The van der Waals surface area contributed by atoms with Gasteiger partial charge in [0, 0.05) is 11.1 Å². The number of ether oxygens (including phenoxy) is 2. The van der Waals surface area contributed by atoms with Gasteiger partial charge in [0.2, 0.25) is 0 Å². The largest absolute Gasteiger partial charge is 0.510 e. The molecule has 0 saturated heterocycles. The molecule has 0 aliphatic rings. The second kappa shape index (κ2) is 13.9. The number of unbranched alkanes of at least 4 members (excludes halogenated alkanes) is 2. The Kier molecular flexibility index (Phi) is 10.9. The van der Waals surface area contributed by atoms with Gasteiger partial charge < -0.3 is 9.47 Å². The molecule has 0 fully saturated rings. The van der Waals surface area contributed by atoms with Crippen LogP contribution in [0.4, 0.5) is 4.79 Å². The molecule has 2 unspecified atom stereocenters. The molecule has 0 radical (unpaired) electrons. The molecule has 2 atom stereocenters. The minimum atomic E-state index is -0.735. The predicted molar refractivity (Wildman–Crippen MR) is 130 cm³/mol. The van der Waals surface area contributed by atoms with Crippen molar-refractivity contribution < 1.29 is 14.3 Å². The van der Waals surface area contributed by atoms with Gasteiger partial charge in [-0.1, -0.05) is 101 Å². The summed E-state index contributed by atoms with van der Waals surface area (Å²) in [5.74, 6) is 0. The second-order valence-corrected chi connectivity index (χ2v) is 7.68. The molecule has 0 spiro atoms. The Bertz CT molecular complexity index is 855. The second-order valence-electron chi connectivity index (χ2n) is 7.68. The summed E-state index contributed by atoms with van der Waals surface area (Å²) in [7, 11) is 0. The first-order valence-electron chi connectivity index (χ1n) is 11.4. The van der Waals surface area contributed by atoms with Crippen molar-refractivity contribution in [2.75, 3.05) is 0 Å². The first kappa shape index (κ1) is 25.0. The molecule has 168 valence electrons. The highest BCUT2D eigenvalue weighted by Gasteiger charge is 2.26. The Morgan fingerprint density at radius 3 is 1.44 bits per heavy atom. The molecule has 0 aliphatic carbocycles. The van der Waals surface area contributed by atoms with Crippen LogP contribution in [0, 0.1) is 0 Å². The van der Waals surface area contributed by atoms with Crippen molar-refractivity contribution in [2.45, 2.75) is 64.6 Å². The summed E-state index contributed by atoms with van der Waals surface area (Å²) in [6.07, 6.45) is 3.58. The molecule has 0 amide bonds.